The van der Waals surface area contributed by atoms with Crippen LogP contribution in [0, 0.1) is 0 Å². The van der Waals surface area contributed by atoms with Crippen molar-refractivity contribution < 1.29 is 24.2 Å². The molecule has 5 nitrogen and oxygen atoms in total. The second-order valence-corrected chi connectivity index (χ2v) is 3.71. The van der Waals surface area contributed by atoms with Crippen LogP contribution >= 0.6 is 0 Å². The number of methoxy groups -OCH3 is 1. The standard InChI is InChI=1S/C13H16O5/c1-3-4-7-18-13(16)10-6-5-9(17-2)8-11(10)12(14)15/h5-6,8H,3-4,7H2,1-2H3,(H,14,15). The van der Waals surface area contributed by atoms with Gasteiger partial charge in [-0.2, -0.15) is 0 Å². The van der Waals surface area contributed by atoms with Crippen molar-refractivity contribution in [3.05, 3.63) is 29.3 Å². The Morgan fingerprint density at radius 2 is 2.00 bits per heavy atom. The molecule has 0 saturated heterocycles. The Morgan fingerprint density at radius 3 is 2.56 bits per heavy atom. The molecule has 0 radical (unpaired) electrons. The lowest BCUT2D eigenvalue weighted by Crippen LogP contribution is -2.12. The zero-order valence-electron chi connectivity index (χ0n) is 10.4. The minimum atomic E-state index is -1.18. The molecule has 98 valence electrons. The Hall–Kier alpha value is -2.04. The van der Waals surface area contributed by atoms with Crippen LogP contribution in [-0.4, -0.2) is 30.8 Å². The highest BCUT2D eigenvalue weighted by Crippen LogP contribution is 2.18. The lowest BCUT2D eigenvalue weighted by molar-refractivity contribution is 0.0489. The summed E-state index contributed by atoms with van der Waals surface area (Å²) in [5, 5.41) is 9.04. The number of hydrogen-bond acceptors (Lipinski definition) is 4. The minimum Gasteiger partial charge on any atom is -0.497 e. The minimum absolute atomic E-state index is 0.0411. The first kappa shape index (κ1) is 14.0. The third kappa shape index (κ3) is 3.48. The molecule has 0 bridgehead atoms. The number of hydrogen-bond donors (Lipinski definition) is 1. The van der Waals surface area contributed by atoms with Crippen LogP contribution in [-0.2, 0) is 4.74 Å². The average molecular weight is 252 g/mol. The number of esters is 1. The van der Waals surface area contributed by atoms with Crippen molar-refractivity contribution in [3.63, 3.8) is 0 Å². The van der Waals surface area contributed by atoms with Crippen LogP contribution in [0.25, 0.3) is 0 Å². The number of benzene rings is 1. The quantitative estimate of drug-likeness (QED) is 0.621. The molecular weight excluding hydrogens is 236 g/mol. The first-order valence-electron chi connectivity index (χ1n) is 5.68. The molecule has 1 N–H and O–H groups in total. The van der Waals surface area contributed by atoms with Gasteiger partial charge in [-0.25, -0.2) is 9.59 Å². The molecular formula is C13H16O5. The molecule has 1 rings (SSSR count). The fourth-order valence-electron chi connectivity index (χ4n) is 1.39. The Bertz CT molecular complexity index is 439. The molecule has 0 aliphatic rings. The Morgan fingerprint density at radius 1 is 1.28 bits per heavy atom. The molecule has 0 aromatic heterocycles. The predicted molar refractivity (Wildman–Crippen MR) is 65.1 cm³/mol. The summed E-state index contributed by atoms with van der Waals surface area (Å²) >= 11 is 0. The first-order valence-corrected chi connectivity index (χ1v) is 5.68. The highest BCUT2D eigenvalue weighted by atomic mass is 16.5. The van der Waals surface area contributed by atoms with E-state index in [4.69, 9.17) is 14.6 Å². The van der Waals surface area contributed by atoms with E-state index in [1.54, 1.807) is 0 Å². The Balaban J connectivity index is 2.93. The van der Waals surface area contributed by atoms with Gasteiger partial charge in [0.2, 0.25) is 0 Å². The van der Waals surface area contributed by atoms with E-state index in [-0.39, 0.29) is 11.1 Å². The topological polar surface area (TPSA) is 72.8 Å². The van der Waals surface area contributed by atoms with Crippen LogP contribution in [0.15, 0.2) is 18.2 Å². The van der Waals surface area contributed by atoms with Crippen LogP contribution in [0.2, 0.25) is 0 Å². The van der Waals surface area contributed by atoms with E-state index in [1.165, 1.54) is 25.3 Å². The summed E-state index contributed by atoms with van der Waals surface area (Å²) < 4.78 is 9.91. The number of unbranched alkanes of at least 4 members (excludes halogenated alkanes) is 1. The van der Waals surface area contributed by atoms with Crippen LogP contribution in [0.4, 0.5) is 0 Å². The Kier molecular flexibility index (Phi) is 5.17. The maximum atomic E-state index is 11.7. The molecule has 18 heavy (non-hydrogen) atoms. The second kappa shape index (κ2) is 6.64. The Labute approximate surface area is 105 Å². The van der Waals surface area contributed by atoms with E-state index < -0.39 is 11.9 Å². The normalized spacial score (nSPS) is 9.89. The first-order chi connectivity index (χ1) is 8.60. The molecule has 0 fully saturated rings. The van der Waals surface area contributed by atoms with Gasteiger partial charge in [-0.05, 0) is 24.6 Å². The molecule has 0 amide bonds. The van der Waals surface area contributed by atoms with E-state index in [1.807, 2.05) is 6.92 Å². The monoisotopic (exact) mass is 252 g/mol. The second-order valence-electron chi connectivity index (χ2n) is 3.71. The highest BCUT2D eigenvalue weighted by molar-refractivity contribution is 6.02. The van der Waals surface area contributed by atoms with E-state index in [0.717, 1.165) is 12.8 Å². The average Bonchev–Trinajstić information content (AvgIpc) is 2.38. The van der Waals surface area contributed by atoms with Crippen LogP contribution < -0.4 is 4.74 Å². The smallest absolute Gasteiger partial charge is 0.339 e. The van der Waals surface area contributed by atoms with Crippen LogP contribution in [0.5, 0.6) is 5.75 Å². The number of rotatable bonds is 6. The zero-order chi connectivity index (χ0) is 13.5. The summed E-state index contributed by atoms with van der Waals surface area (Å²) in [6.07, 6.45) is 1.66. The summed E-state index contributed by atoms with van der Waals surface area (Å²) in [5.74, 6) is -1.42. The van der Waals surface area contributed by atoms with E-state index in [9.17, 15) is 9.59 Å². The van der Waals surface area contributed by atoms with Gasteiger partial charge in [0.05, 0.1) is 24.8 Å². The molecule has 0 spiro atoms. The van der Waals surface area contributed by atoms with Crippen molar-refractivity contribution in [1.82, 2.24) is 0 Å². The van der Waals surface area contributed by atoms with Gasteiger partial charge in [0.15, 0.2) is 0 Å². The molecule has 0 heterocycles. The van der Waals surface area contributed by atoms with Crippen molar-refractivity contribution in [2.24, 2.45) is 0 Å². The van der Waals surface area contributed by atoms with Gasteiger partial charge < -0.3 is 14.6 Å². The molecule has 1 aromatic rings. The van der Waals surface area contributed by atoms with Crippen molar-refractivity contribution in [2.75, 3.05) is 13.7 Å². The number of carboxylic acid groups (broad SMARTS) is 1. The molecule has 5 heteroatoms. The van der Waals surface area contributed by atoms with E-state index in [2.05, 4.69) is 0 Å². The van der Waals surface area contributed by atoms with E-state index >= 15 is 0 Å². The largest absolute Gasteiger partial charge is 0.497 e. The summed E-state index contributed by atoms with van der Waals surface area (Å²) in [4.78, 5) is 22.8. The van der Waals surface area contributed by atoms with Gasteiger partial charge in [-0.3, -0.25) is 0 Å². The molecule has 0 saturated carbocycles. The van der Waals surface area contributed by atoms with Crippen LogP contribution in [0.3, 0.4) is 0 Å². The SMILES string of the molecule is CCCCOC(=O)c1ccc(OC)cc1C(=O)O. The lowest BCUT2D eigenvalue weighted by atomic mass is 10.1. The molecule has 0 unspecified atom stereocenters. The summed E-state index contributed by atoms with van der Waals surface area (Å²) in [5.41, 5.74) is -0.0738. The number of carboxylic acids is 1. The van der Waals surface area contributed by atoms with Crippen molar-refractivity contribution in [3.8, 4) is 5.75 Å². The van der Waals surface area contributed by atoms with Crippen LogP contribution in [0.1, 0.15) is 40.5 Å². The van der Waals surface area contributed by atoms with Crippen molar-refractivity contribution in [1.29, 1.82) is 0 Å². The van der Waals surface area contributed by atoms with Gasteiger partial charge >= 0.3 is 11.9 Å². The maximum Gasteiger partial charge on any atom is 0.339 e. The summed E-state index contributed by atoms with van der Waals surface area (Å²) in [7, 11) is 1.43. The predicted octanol–water partition coefficient (Wildman–Crippen LogP) is 2.35. The summed E-state index contributed by atoms with van der Waals surface area (Å²) in [6, 6.07) is 4.23. The lowest BCUT2D eigenvalue weighted by Gasteiger charge is -2.08. The third-order valence-electron chi connectivity index (χ3n) is 2.41. The molecule has 0 aliphatic heterocycles. The number of carbonyl (C=O) groups excluding carboxylic acids is 1. The third-order valence-corrected chi connectivity index (χ3v) is 2.41. The number of carbonyl (C=O) groups is 2. The van der Waals surface area contributed by atoms with Gasteiger partial charge in [0.1, 0.15) is 5.75 Å². The molecule has 1 aromatic carbocycles. The van der Waals surface area contributed by atoms with Crippen molar-refractivity contribution >= 4 is 11.9 Å². The van der Waals surface area contributed by atoms with Gasteiger partial charge in [0.25, 0.3) is 0 Å². The van der Waals surface area contributed by atoms with Gasteiger partial charge in [0, 0.05) is 0 Å². The van der Waals surface area contributed by atoms with E-state index in [0.29, 0.717) is 12.4 Å². The number of ether oxygens (including phenoxy) is 2. The fourth-order valence-corrected chi connectivity index (χ4v) is 1.39. The molecule has 0 atom stereocenters. The number of aromatic carboxylic acids is 1. The zero-order valence-corrected chi connectivity index (χ0v) is 10.4. The van der Waals surface area contributed by atoms with Gasteiger partial charge in [-0.1, -0.05) is 13.3 Å². The highest BCUT2D eigenvalue weighted by Gasteiger charge is 2.18. The van der Waals surface area contributed by atoms with Gasteiger partial charge in [-0.15, -0.1) is 0 Å². The molecule has 0 aliphatic carbocycles. The van der Waals surface area contributed by atoms with Crippen molar-refractivity contribution in [2.45, 2.75) is 19.8 Å². The maximum absolute atomic E-state index is 11.7. The fraction of sp³-hybridized carbons (Fsp3) is 0.385. The summed E-state index contributed by atoms with van der Waals surface area (Å²) in [6.45, 7) is 2.27.